The van der Waals surface area contributed by atoms with Crippen LogP contribution in [0.5, 0.6) is 0 Å². The quantitative estimate of drug-likeness (QED) is 0.195. The van der Waals surface area contributed by atoms with E-state index in [2.05, 4.69) is 45.2 Å². The van der Waals surface area contributed by atoms with Gasteiger partial charge < -0.3 is 62.9 Å². The minimum Gasteiger partial charge on any atom is -0.462 e. The van der Waals surface area contributed by atoms with Crippen LogP contribution in [0.3, 0.4) is 0 Å². The van der Waals surface area contributed by atoms with Gasteiger partial charge in [0.1, 0.15) is 35.9 Å². The van der Waals surface area contributed by atoms with E-state index in [1.54, 1.807) is 33.3 Å². The summed E-state index contributed by atoms with van der Waals surface area (Å²) in [6, 6.07) is -0.315. The molecule has 6 aliphatic heterocycles. The van der Waals surface area contributed by atoms with Gasteiger partial charge >= 0.3 is 5.97 Å². The van der Waals surface area contributed by atoms with Crippen LogP contribution in [0, 0.1) is 23.7 Å². The van der Waals surface area contributed by atoms with Crippen molar-refractivity contribution in [1.29, 1.82) is 0 Å². The zero-order valence-corrected chi connectivity index (χ0v) is 40.2. The van der Waals surface area contributed by atoms with Crippen molar-refractivity contribution in [2.24, 2.45) is 23.7 Å². The lowest BCUT2D eigenvalue weighted by Gasteiger charge is -2.48. The van der Waals surface area contributed by atoms with Crippen LogP contribution >= 0.6 is 0 Å². The van der Waals surface area contributed by atoms with E-state index in [4.69, 9.17) is 47.4 Å². The van der Waals surface area contributed by atoms with Crippen LogP contribution in [0.25, 0.3) is 0 Å². The van der Waals surface area contributed by atoms with Gasteiger partial charge in [0.05, 0.1) is 55.4 Å². The normalized spacial score (nSPS) is 47.3. The van der Waals surface area contributed by atoms with Gasteiger partial charge in [0.2, 0.25) is 5.91 Å². The summed E-state index contributed by atoms with van der Waals surface area (Å²) in [6.45, 7) is 17.7. The highest BCUT2D eigenvalue weighted by atomic mass is 16.7. The predicted octanol–water partition coefficient (Wildman–Crippen LogP) is 5.52. The van der Waals surface area contributed by atoms with Crippen molar-refractivity contribution in [2.45, 2.75) is 198 Å². The number of allylic oxidation sites excluding steroid dienone is 2. The Morgan fingerprint density at radius 3 is 2.35 bits per heavy atom. The number of esters is 1. The third-order valence-corrected chi connectivity index (χ3v) is 14.9. The van der Waals surface area contributed by atoms with Gasteiger partial charge in [0, 0.05) is 58.7 Å². The number of amides is 1. The van der Waals surface area contributed by atoms with Gasteiger partial charge in [0.25, 0.3) is 0 Å². The van der Waals surface area contributed by atoms with Gasteiger partial charge in [-0.25, -0.2) is 0 Å². The summed E-state index contributed by atoms with van der Waals surface area (Å²) in [6.07, 6.45) is 9.46. The van der Waals surface area contributed by atoms with Gasteiger partial charge in [-0.3, -0.25) is 9.59 Å². The fourth-order valence-electron chi connectivity index (χ4n) is 11.0. The molecule has 7 rings (SSSR count). The first-order valence-electron chi connectivity index (χ1n) is 23.8. The molecule has 1 spiro atoms. The van der Waals surface area contributed by atoms with Crippen molar-refractivity contribution in [1.82, 2.24) is 5.32 Å². The zero-order valence-electron chi connectivity index (χ0n) is 40.2. The number of rotatable bonds is 9. The Hall–Kier alpha value is -2.80. The lowest BCUT2D eigenvalue weighted by Crippen LogP contribution is -2.58. The minimum atomic E-state index is -1.84. The van der Waals surface area contributed by atoms with Crippen LogP contribution in [0.15, 0.2) is 59.3 Å². The van der Waals surface area contributed by atoms with E-state index in [9.17, 15) is 19.8 Å². The first kappa shape index (κ1) is 50.1. The molecule has 364 valence electrons. The number of methoxy groups -OCH3 is 2. The smallest absolute Gasteiger partial charge is 0.316 e. The molecule has 15 nitrogen and oxygen atoms in total. The number of hydrogen-bond donors (Lipinski definition) is 3. The topological polar surface area (TPSA) is 179 Å². The lowest BCUT2D eigenvalue weighted by atomic mass is 9.71. The van der Waals surface area contributed by atoms with Crippen LogP contribution in [-0.2, 0) is 57.0 Å². The van der Waals surface area contributed by atoms with Crippen LogP contribution in [0.4, 0.5) is 0 Å². The van der Waals surface area contributed by atoms with Gasteiger partial charge in [-0.2, -0.15) is 0 Å². The summed E-state index contributed by atoms with van der Waals surface area (Å²) >= 11 is 0. The molecule has 1 amide bonds. The lowest BCUT2D eigenvalue weighted by molar-refractivity contribution is -0.311. The molecule has 7 aliphatic rings. The summed E-state index contributed by atoms with van der Waals surface area (Å²) < 4.78 is 64.4. The number of fused-ring (bicyclic) bond motifs is 2. The van der Waals surface area contributed by atoms with E-state index in [1.807, 2.05) is 39.0 Å². The van der Waals surface area contributed by atoms with Crippen molar-refractivity contribution < 1.29 is 67.2 Å². The standard InChI is InChI=1S/C50H75NO14/c1-12-26(2)45-29(5)18-19-49(65-45)24-36-21-35(64-49)17-16-28(4)44(27(3)14-13-15-34-25-58-47-43(53)30(6)20-37(48(54)61-36)50(34,47)55)62-41-23-39(57-11)46(32(8)60-41)63-40-22-38(56-10)42(31(7)59-40)51-33(9)52/h13-16,18-20,26-27,29,31-32,35-47,53,55H,12,17,21-25H2,1-11H3,(H,51,52)/b14-13+,28-16-,34-15-/t26-,27-,29-,31-,32-,35+,36-,37-,38-,39-,40-,41-,42+,43+,44-,45+,46-,47+,49+,50+/m0/s1. The van der Waals surface area contributed by atoms with Crippen LogP contribution < -0.4 is 5.32 Å². The molecule has 1 aliphatic carbocycles. The first-order valence-corrected chi connectivity index (χ1v) is 23.8. The van der Waals surface area contributed by atoms with Crippen molar-refractivity contribution in [3.8, 4) is 0 Å². The average Bonchev–Trinajstić information content (AvgIpc) is 3.61. The van der Waals surface area contributed by atoms with Gasteiger partial charge in [0.15, 0.2) is 18.4 Å². The van der Waals surface area contributed by atoms with E-state index in [-0.39, 0.29) is 61.0 Å². The largest absolute Gasteiger partial charge is 0.462 e. The highest BCUT2D eigenvalue weighted by molar-refractivity contribution is 5.78. The Bertz CT molecular complexity index is 1850. The zero-order chi connectivity index (χ0) is 47.0. The second-order valence-electron chi connectivity index (χ2n) is 19.7. The summed E-state index contributed by atoms with van der Waals surface area (Å²) in [5, 5.41) is 26.7. The van der Waals surface area contributed by atoms with E-state index >= 15 is 0 Å². The summed E-state index contributed by atoms with van der Waals surface area (Å²) in [5.41, 5.74) is 0.116. The molecule has 0 radical (unpaired) electrons. The minimum absolute atomic E-state index is 0.0270. The van der Waals surface area contributed by atoms with Gasteiger partial charge in [-0.1, -0.05) is 70.6 Å². The van der Waals surface area contributed by atoms with Crippen molar-refractivity contribution >= 4 is 11.9 Å². The number of nitrogens with one attached hydrogen (secondary N) is 1. The van der Waals surface area contributed by atoms with Crippen molar-refractivity contribution in [3.63, 3.8) is 0 Å². The summed E-state index contributed by atoms with van der Waals surface area (Å²) in [5.74, 6) is -2.75. The molecule has 15 heteroatoms. The first-order chi connectivity index (χ1) is 30.9. The molecule has 2 bridgehead atoms. The number of carbonyl (C=O) groups excluding carboxylic acids is 2. The van der Waals surface area contributed by atoms with E-state index in [0.717, 1.165) is 12.0 Å². The Balaban J connectivity index is 1.16. The maximum absolute atomic E-state index is 14.4. The number of carbonyl (C=O) groups is 2. The molecule has 6 heterocycles. The average molecular weight is 914 g/mol. The van der Waals surface area contributed by atoms with Crippen LogP contribution in [0.1, 0.15) is 101 Å². The maximum Gasteiger partial charge on any atom is 0.316 e. The fourth-order valence-corrected chi connectivity index (χ4v) is 11.0. The maximum atomic E-state index is 14.4. The number of aliphatic hydroxyl groups excluding tert-OH is 1. The van der Waals surface area contributed by atoms with Crippen molar-refractivity contribution in [3.05, 3.63) is 59.3 Å². The third kappa shape index (κ3) is 10.6. The van der Waals surface area contributed by atoms with Crippen LogP contribution in [-0.4, -0.2) is 140 Å². The number of ether oxygens (including phenoxy) is 10. The van der Waals surface area contributed by atoms with E-state index in [0.29, 0.717) is 36.8 Å². The van der Waals surface area contributed by atoms with Gasteiger partial charge in [-0.15, -0.1) is 0 Å². The molecule has 65 heavy (non-hydrogen) atoms. The second-order valence-corrected chi connectivity index (χ2v) is 19.7. The fraction of sp³-hybridized carbons (Fsp3) is 0.760. The van der Waals surface area contributed by atoms with Crippen molar-refractivity contribution in [2.75, 3.05) is 20.8 Å². The molecule has 0 unspecified atom stereocenters. The second kappa shape index (κ2) is 20.8. The molecule has 3 N–H and O–H groups in total. The molecule has 4 saturated heterocycles. The highest BCUT2D eigenvalue weighted by Gasteiger charge is 2.60. The Morgan fingerprint density at radius 1 is 0.938 bits per heavy atom. The third-order valence-electron chi connectivity index (χ3n) is 14.9. The highest BCUT2D eigenvalue weighted by Crippen LogP contribution is 2.47. The predicted molar refractivity (Wildman–Crippen MR) is 239 cm³/mol. The summed E-state index contributed by atoms with van der Waals surface area (Å²) in [7, 11) is 3.27. The van der Waals surface area contributed by atoms with E-state index in [1.165, 1.54) is 6.92 Å². The Labute approximate surface area is 385 Å². The van der Waals surface area contributed by atoms with E-state index < -0.39 is 84.7 Å². The van der Waals surface area contributed by atoms with Gasteiger partial charge in [-0.05, 0) is 62.8 Å². The molecule has 0 aromatic heterocycles. The molecule has 20 atom stereocenters. The molecule has 0 aromatic carbocycles. The molecule has 4 fully saturated rings. The molecule has 0 saturated carbocycles. The molecule has 0 aromatic rings. The Kier molecular flexibility index (Phi) is 16.0. The van der Waals surface area contributed by atoms with Crippen LogP contribution in [0.2, 0.25) is 0 Å². The molecular weight excluding hydrogens is 839 g/mol. The molecular formula is C50H75NO14. The summed E-state index contributed by atoms with van der Waals surface area (Å²) in [4.78, 5) is 26.3. The number of hydrogen-bond acceptors (Lipinski definition) is 14. The Morgan fingerprint density at radius 2 is 1.65 bits per heavy atom. The monoisotopic (exact) mass is 914 g/mol. The number of aliphatic hydroxyl groups is 2. The SMILES string of the molecule is CC[C@H](C)[C@H]1O[C@]2(C=C[C@@H]1C)C[C@@H]1C[C@@H](C/C=C(/C)[C@@H](O[C@H]3C[C@H](OC)[C@@H](O[C@H]4C[C@H](OC)[C@H](NC(C)=O)[C@H](C)O4)[C@H](C)O3)[C@@H](C)/C=C/C=C3/CO[C@@H]4[C@H](O)C(C)=C[C@@H](C(=O)O1)[C@]34O)O2.